The first kappa shape index (κ1) is 17.3. The molecule has 1 N–H and O–H groups in total. The zero-order valence-electron chi connectivity index (χ0n) is 15.2. The lowest BCUT2D eigenvalue weighted by Gasteiger charge is -2.14. The molecule has 27 heavy (non-hydrogen) atoms. The van der Waals surface area contributed by atoms with Crippen LogP contribution in [0.25, 0.3) is 11.0 Å². The summed E-state index contributed by atoms with van der Waals surface area (Å²) in [4.78, 5) is 4.64. The Morgan fingerprint density at radius 2 is 1.63 bits per heavy atom. The predicted molar refractivity (Wildman–Crippen MR) is 107 cm³/mol. The summed E-state index contributed by atoms with van der Waals surface area (Å²) in [6, 6.07) is 25.6. The fraction of sp³-hybridized carbons (Fsp3) is 0.174. The van der Waals surface area contributed by atoms with E-state index >= 15 is 0 Å². The van der Waals surface area contributed by atoms with Crippen LogP contribution in [-0.2, 0) is 13.2 Å². The van der Waals surface area contributed by atoms with Crippen molar-refractivity contribution in [2.75, 3.05) is 0 Å². The van der Waals surface area contributed by atoms with Gasteiger partial charge in [-0.1, -0.05) is 54.6 Å². The van der Waals surface area contributed by atoms with E-state index in [1.165, 1.54) is 0 Å². The van der Waals surface area contributed by atoms with Crippen LogP contribution in [-0.4, -0.2) is 14.7 Å². The van der Waals surface area contributed by atoms with Gasteiger partial charge in [0.25, 0.3) is 0 Å². The van der Waals surface area contributed by atoms with E-state index in [0.717, 1.165) is 34.5 Å². The number of aromatic nitrogens is 2. The highest BCUT2D eigenvalue weighted by Gasteiger charge is 2.19. The monoisotopic (exact) mass is 358 g/mol. The second kappa shape index (κ2) is 7.64. The van der Waals surface area contributed by atoms with E-state index in [9.17, 15) is 5.11 Å². The van der Waals surface area contributed by atoms with Crippen LogP contribution in [0.2, 0.25) is 0 Å². The first-order chi connectivity index (χ1) is 13.3. The molecule has 3 aromatic carbocycles. The molecule has 1 atom stereocenters. The van der Waals surface area contributed by atoms with Crippen LogP contribution < -0.4 is 4.74 Å². The SMILES string of the molecule is CCn1c([C@H](O)c2ccc(OCc3ccccc3)cc2)nc2ccccc21. The normalized spacial score (nSPS) is 12.2. The molecule has 136 valence electrons. The molecule has 4 rings (SSSR count). The largest absolute Gasteiger partial charge is 0.489 e. The summed E-state index contributed by atoms with van der Waals surface area (Å²) in [5.74, 6) is 1.44. The molecular weight excluding hydrogens is 336 g/mol. The summed E-state index contributed by atoms with van der Waals surface area (Å²) in [5.41, 5.74) is 3.86. The molecule has 0 spiro atoms. The van der Waals surface area contributed by atoms with Crippen LogP contribution in [0.15, 0.2) is 78.9 Å². The van der Waals surface area contributed by atoms with Gasteiger partial charge < -0.3 is 14.4 Å². The number of aliphatic hydroxyl groups is 1. The van der Waals surface area contributed by atoms with E-state index in [1.54, 1.807) is 0 Å². The number of ether oxygens (including phenoxy) is 1. The van der Waals surface area contributed by atoms with Gasteiger partial charge in [0.2, 0.25) is 0 Å². The number of hydrogen-bond acceptors (Lipinski definition) is 3. The third-order valence-electron chi connectivity index (χ3n) is 4.69. The smallest absolute Gasteiger partial charge is 0.143 e. The summed E-state index contributed by atoms with van der Waals surface area (Å²) >= 11 is 0. The molecule has 0 unspecified atom stereocenters. The fourth-order valence-electron chi connectivity index (χ4n) is 3.27. The molecule has 0 radical (unpaired) electrons. The Balaban J connectivity index is 1.53. The van der Waals surface area contributed by atoms with E-state index < -0.39 is 6.10 Å². The second-order valence-electron chi connectivity index (χ2n) is 6.45. The van der Waals surface area contributed by atoms with Crippen molar-refractivity contribution in [3.05, 3.63) is 95.8 Å². The lowest BCUT2D eigenvalue weighted by molar-refractivity contribution is 0.205. The summed E-state index contributed by atoms with van der Waals surface area (Å²) in [6.45, 7) is 3.34. The maximum absolute atomic E-state index is 10.9. The van der Waals surface area contributed by atoms with Crippen LogP contribution in [0, 0.1) is 0 Å². The van der Waals surface area contributed by atoms with Crippen LogP contribution in [0.3, 0.4) is 0 Å². The molecule has 4 heteroatoms. The van der Waals surface area contributed by atoms with Crippen molar-refractivity contribution in [1.29, 1.82) is 0 Å². The minimum absolute atomic E-state index is 0.522. The zero-order chi connectivity index (χ0) is 18.6. The molecule has 1 heterocycles. The number of para-hydroxylation sites is 2. The highest BCUT2D eigenvalue weighted by molar-refractivity contribution is 5.76. The highest BCUT2D eigenvalue weighted by Crippen LogP contribution is 2.27. The zero-order valence-corrected chi connectivity index (χ0v) is 15.2. The average molecular weight is 358 g/mol. The molecule has 0 saturated heterocycles. The number of rotatable bonds is 6. The molecule has 4 nitrogen and oxygen atoms in total. The standard InChI is InChI=1S/C23H22N2O2/c1-2-25-21-11-7-6-10-20(21)24-23(25)22(26)18-12-14-19(15-13-18)27-16-17-8-4-3-5-9-17/h3-15,22,26H,2,16H2,1H3/t22-/m1/s1. The van der Waals surface area contributed by atoms with Crippen molar-refractivity contribution in [3.8, 4) is 5.75 Å². The Morgan fingerprint density at radius 3 is 2.37 bits per heavy atom. The van der Waals surface area contributed by atoms with Crippen LogP contribution in [0.1, 0.15) is 30.0 Å². The Kier molecular flexibility index (Phi) is 4.90. The first-order valence-corrected chi connectivity index (χ1v) is 9.16. The Bertz CT molecular complexity index is 1020. The number of hydrogen-bond donors (Lipinski definition) is 1. The third-order valence-corrected chi connectivity index (χ3v) is 4.69. The number of aryl methyl sites for hydroxylation is 1. The van der Waals surface area contributed by atoms with Gasteiger partial charge in [-0.2, -0.15) is 0 Å². The van der Waals surface area contributed by atoms with Gasteiger partial charge in [-0.3, -0.25) is 0 Å². The molecule has 0 aliphatic carbocycles. The van der Waals surface area contributed by atoms with Crippen molar-refractivity contribution >= 4 is 11.0 Å². The summed E-state index contributed by atoms with van der Waals surface area (Å²) < 4.78 is 7.88. The average Bonchev–Trinajstić information content (AvgIpc) is 3.11. The minimum Gasteiger partial charge on any atom is -0.489 e. The van der Waals surface area contributed by atoms with Crippen molar-refractivity contribution < 1.29 is 9.84 Å². The van der Waals surface area contributed by atoms with E-state index in [-0.39, 0.29) is 0 Å². The number of imidazole rings is 1. The van der Waals surface area contributed by atoms with Gasteiger partial charge >= 0.3 is 0 Å². The number of benzene rings is 3. The van der Waals surface area contributed by atoms with E-state index in [0.29, 0.717) is 12.4 Å². The Morgan fingerprint density at radius 1 is 0.926 bits per heavy atom. The van der Waals surface area contributed by atoms with Gasteiger partial charge in [-0.05, 0) is 42.3 Å². The fourth-order valence-corrected chi connectivity index (χ4v) is 3.27. The van der Waals surface area contributed by atoms with Crippen LogP contribution in [0.5, 0.6) is 5.75 Å². The van der Waals surface area contributed by atoms with Gasteiger partial charge in [0, 0.05) is 6.54 Å². The maximum Gasteiger partial charge on any atom is 0.143 e. The lowest BCUT2D eigenvalue weighted by Crippen LogP contribution is -2.09. The molecule has 4 aromatic rings. The highest BCUT2D eigenvalue weighted by atomic mass is 16.5. The van der Waals surface area contributed by atoms with E-state index in [4.69, 9.17) is 4.74 Å². The Hall–Kier alpha value is -3.11. The summed E-state index contributed by atoms with van der Waals surface area (Å²) in [7, 11) is 0. The maximum atomic E-state index is 10.9. The predicted octanol–water partition coefficient (Wildman–Crippen LogP) is 4.72. The second-order valence-corrected chi connectivity index (χ2v) is 6.45. The number of nitrogens with zero attached hydrogens (tertiary/aromatic N) is 2. The molecule has 0 aliphatic rings. The Labute approximate surface area is 158 Å². The van der Waals surface area contributed by atoms with Crippen molar-refractivity contribution in [1.82, 2.24) is 9.55 Å². The first-order valence-electron chi connectivity index (χ1n) is 9.16. The van der Waals surface area contributed by atoms with Crippen molar-refractivity contribution in [2.24, 2.45) is 0 Å². The number of fused-ring (bicyclic) bond motifs is 1. The summed E-state index contributed by atoms with van der Waals surface area (Å²) in [6.07, 6.45) is -0.777. The van der Waals surface area contributed by atoms with Gasteiger partial charge in [-0.15, -0.1) is 0 Å². The summed E-state index contributed by atoms with van der Waals surface area (Å²) in [5, 5.41) is 10.9. The number of aliphatic hydroxyl groups excluding tert-OH is 1. The lowest BCUT2D eigenvalue weighted by atomic mass is 10.1. The molecular formula is C23H22N2O2. The molecule has 0 saturated carbocycles. The van der Waals surface area contributed by atoms with Gasteiger partial charge in [0.15, 0.2) is 0 Å². The van der Waals surface area contributed by atoms with Gasteiger partial charge in [0.1, 0.15) is 24.3 Å². The van der Waals surface area contributed by atoms with Crippen LogP contribution >= 0.6 is 0 Å². The molecule has 0 fully saturated rings. The minimum atomic E-state index is -0.777. The van der Waals surface area contributed by atoms with Crippen LogP contribution in [0.4, 0.5) is 0 Å². The van der Waals surface area contributed by atoms with Gasteiger partial charge in [-0.25, -0.2) is 4.98 Å². The van der Waals surface area contributed by atoms with Crippen molar-refractivity contribution in [3.63, 3.8) is 0 Å². The topological polar surface area (TPSA) is 47.3 Å². The molecule has 0 bridgehead atoms. The molecule has 0 aliphatic heterocycles. The third kappa shape index (κ3) is 3.57. The van der Waals surface area contributed by atoms with E-state index in [2.05, 4.69) is 16.5 Å². The molecule has 0 amide bonds. The van der Waals surface area contributed by atoms with Crippen molar-refractivity contribution in [2.45, 2.75) is 26.2 Å². The molecule has 1 aromatic heterocycles. The van der Waals surface area contributed by atoms with Gasteiger partial charge in [0.05, 0.1) is 11.0 Å². The quantitative estimate of drug-likeness (QED) is 0.543. The van der Waals surface area contributed by atoms with E-state index in [1.807, 2.05) is 78.9 Å².